The third kappa shape index (κ3) is 3.76. The normalized spacial score (nSPS) is 10.9. The van der Waals surface area contributed by atoms with Gasteiger partial charge in [-0.15, -0.1) is 21.5 Å². The van der Waals surface area contributed by atoms with Gasteiger partial charge in [-0.05, 0) is 41.5 Å². The molecule has 1 aromatic carbocycles. The number of thiophene rings is 1. The van der Waals surface area contributed by atoms with Crippen LogP contribution in [0.2, 0.25) is 0 Å². The van der Waals surface area contributed by atoms with Gasteiger partial charge in [-0.2, -0.15) is 0 Å². The van der Waals surface area contributed by atoms with Crippen LogP contribution in [0.15, 0.2) is 45.4 Å². The van der Waals surface area contributed by atoms with Gasteiger partial charge in [0, 0.05) is 5.56 Å². The number of carbonyl (C=O) groups excluding carboxylic acids is 1. The van der Waals surface area contributed by atoms with Gasteiger partial charge < -0.3 is 4.42 Å². The number of hydrogen-bond donors (Lipinski definition) is 0. The lowest BCUT2D eigenvalue weighted by molar-refractivity contribution is 0.102. The Kier molecular flexibility index (Phi) is 5.48. The molecular formula is C18H18N2O2S2. The lowest BCUT2D eigenvalue weighted by Crippen LogP contribution is -2.07. The summed E-state index contributed by atoms with van der Waals surface area (Å²) in [6.45, 7) is 4.16. The third-order valence-corrected chi connectivity index (χ3v) is 5.41. The molecule has 24 heavy (non-hydrogen) atoms. The van der Waals surface area contributed by atoms with E-state index in [-0.39, 0.29) is 5.78 Å². The first kappa shape index (κ1) is 16.9. The molecule has 2 heterocycles. The summed E-state index contributed by atoms with van der Waals surface area (Å²) in [6.07, 6.45) is 1.77. The molecule has 6 heteroatoms. The average Bonchev–Trinajstić information content (AvgIpc) is 3.30. The molecular weight excluding hydrogens is 340 g/mol. The Morgan fingerprint density at radius 1 is 1.21 bits per heavy atom. The van der Waals surface area contributed by atoms with Crippen LogP contribution in [-0.4, -0.2) is 21.7 Å². The van der Waals surface area contributed by atoms with Crippen molar-refractivity contribution in [2.45, 2.75) is 31.9 Å². The van der Waals surface area contributed by atoms with Crippen LogP contribution < -0.4 is 0 Å². The van der Waals surface area contributed by atoms with Gasteiger partial charge in [0.25, 0.3) is 11.1 Å². The zero-order valence-electron chi connectivity index (χ0n) is 13.6. The van der Waals surface area contributed by atoms with Crippen molar-refractivity contribution in [3.8, 4) is 10.8 Å². The van der Waals surface area contributed by atoms with Gasteiger partial charge in [-0.3, -0.25) is 4.79 Å². The maximum Gasteiger partial charge on any atom is 0.277 e. The second kappa shape index (κ2) is 7.77. The molecule has 0 amide bonds. The molecule has 0 aliphatic heterocycles. The van der Waals surface area contributed by atoms with Crippen molar-refractivity contribution in [3.05, 3.63) is 52.4 Å². The highest BCUT2D eigenvalue weighted by molar-refractivity contribution is 7.99. The van der Waals surface area contributed by atoms with E-state index < -0.39 is 0 Å². The summed E-state index contributed by atoms with van der Waals surface area (Å²) in [5.74, 6) is 0.900. The number of nitrogens with zero attached hydrogens (tertiary/aromatic N) is 2. The van der Waals surface area contributed by atoms with Gasteiger partial charge in [0.05, 0.1) is 10.6 Å². The molecule has 0 radical (unpaired) electrons. The highest BCUT2D eigenvalue weighted by atomic mass is 32.2. The smallest absolute Gasteiger partial charge is 0.277 e. The minimum atomic E-state index is 0.100. The van der Waals surface area contributed by atoms with E-state index in [2.05, 4.69) is 36.2 Å². The number of aryl methyl sites for hydroxylation is 2. The molecule has 0 atom stereocenters. The van der Waals surface area contributed by atoms with E-state index in [0.29, 0.717) is 16.9 Å². The van der Waals surface area contributed by atoms with E-state index in [1.807, 2.05) is 23.6 Å². The number of aromatic nitrogens is 2. The molecule has 0 bridgehead atoms. The zero-order valence-corrected chi connectivity index (χ0v) is 15.2. The Hall–Kier alpha value is -1.92. The molecule has 0 spiro atoms. The largest absolute Gasteiger partial charge is 0.410 e. The maximum absolute atomic E-state index is 12.6. The van der Waals surface area contributed by atoms with E-state index in [1.165, 1.54) is 17.3 Å². The number of Topliss-reactive ketones (excluding diaryl/α,β-unsaturated/α-hetero) is 1. The topological polar surface area (TPSA) is 56.0 Å². The molecule has 0 unspecified atom stereocenters. The molecule has 3 rings (SSSR count). The second-order valence-electron chi connectivity index (χ2n) is 5.26. The summed E-state index contributed by atoms with van der Waals surface area (Å²) < 4.78 is 5.61. The number of rotatable bonds is 7. The van der Waals surface area contributed by atoms with Gasteiger partial charge in [0.1, 0.15) is 0 Å². The maximum atomic E-state index is 12.6. The van der Waals surface area contributed by atoms with Crippen molar-refractivity contribution in [3.63, 3.8) is 0 Å². The number of thioether (sulfide) groups is 1. The molecule has 0 saturated carbocycles. The molecule has 4 nitrogen and oxygen atoms in total. The fourth-order valence-corrected chi connectivity index (χ4v) is 3.68. The fraction of sp³-hybridized carbons (Fsp3) is 0.278. The van der Waals surface area contributed by atoms with Gasteiger partial charge >= 0.3 is 0 Å². The Morgan fingerprint density at radius 3 is 2.79 bits per heavy atom. The zero-order chi connectivity index (χ0) is 16.9. The fourth-order valence-electron chi connectivity index (χ4n) is 2.38. The molecule has 0 aliphatic carbocycles. The summed E-state index contributed by atoms with van der Waals surface area (Å²) in [4.78, 5) is 13.5. The number of ketones is 1. The van der Waals surface area contributed by atoms with Crippen LogP contribution >= 0.6 is 23.1 Å². The van der Waals surface area contributed by atoms with Crippen molar-refractivity contribution in [1.82, 2.24) is 10.2 Å². The molecule has 124 valence electrons. The molecule has 0 fully saturated rings. The van der Waals surface area contributed by atoms with Crippen LogP contribution in [0.5, 0.6) is 0 Å². The van der Waals surface area contributed by atoms with Crippen molar-refractivity contribution in [2.24, 2.45) is 0 Å². The lowest BCUT2D eigenvalue weighted by Gasteiger charge is -2.08. The van der Waals surface area contributed by atoms with E-state index in [0.717, 1.165) is 28.8 Å². The summed E-state index contributed by atoms with van der Waals surface area (Å²) in [7, 11) is 0. The van der Waals surface area contributed by atoms with Crippen LogP contribution in [0, 0.1) is 0 Å². The predicted octanol–water partition coefficient (Wildman–Crippen LogP) is 4.90. The van der Waals surface area contributed by atoms with Crippen LogP contribution in [0.25, 0.3) is 10.8 Å². The Morgan fingerprint density at radius 2 is 2.08 bits per heavy atom. The SMILES string of the molecule is CCc1ccc(CC)c(C(=O)CSc2nnc(-c3cccs3)o2)c1. The van der Waals surface area contributed by atoms with Crippen LogP contribution in [-0.2, 0) is 12.8 Å². The van der Waals surface area contributed by atoms with Crippen molar-refractivity contribution in [1.29, 1.82) is 0 Å². The first-order valence-electron chi connectivity index (χ1n) is 7.86. The molecule has 0 aliphatic rings. The van der Waals surface area contributed by atoms with Crippen LogP contribution in [0.4, 0.5) is 0 Å². The van der Waals surface area contributed by atoms with Gasteiger partial charge in [0.2, 0.25) is 0 Å². The Bertz CT molecular complexity index is 825. The summed E-state index contributed by atoms with van der Waals surface area (Å²) in [5.41, 5.74) is 3.07. The second-order valence-corrected chi connectivity index (χ2v) is 7.14. The summed E-state index contributed by atoms with van der Waals surface area (Å²) in [6, 6.07) is 10.0. The third-order valence-electron chi connectivity index (χ3n) is 3.73. The standard InChI is InChI=1S/C18H18N2O2S2/c1-3-12-7-8-13(4-2)14(10-12)15(21)11-24-18-20-19-17(22-18)16-6-5-9-23-16/h5-10H,3-4,11H2,1-2H3. The molecule has 2 aromatic heterocycles. The lowest BCUT2D eigenvalue weighted by atomic mass is 9.98. The predicted molar refractivity (Wildman–Crippen MR) is 97.9 cm³/mol. The average molecular weight is 358 g/mol. The Balaban J connectivity index is 1.70. The molecule has 0 N–H and O–H groups in total. The van der Waals surface area contributed by atoms with Gasteiger partial charge in [-0.25, -0.2) is 0 Å². The highest BCUT2D eigenvalue weighted by Gasteiger charge is 2.15. The Labute approximate surface area is 149 Å². The monoisotopic (exact) mass is 358 g/mol. The first-order chi connectivity index (χ1) is 11.7. The first-order valence-corrected chi connectivity index (χ1v) is 9.73. The van der Waals surface area contributed by atoms with Crippen LogP contribution in [0.3, 0.4) is 0 Å². The van der Waals surface area contributed by atoms with Crippen molar-refractivity contribution < 1.29 is 9.21 Å². The van der Waals surface area contributed by atoms with Crippen LogP contribution in [0.1, 0.15) is 35.3 Å². The number of benzene rings is 1. The quantitative estimate of drug-likeness (QED) is 0.444. The number of carbonyl (C=O) groups is 1. The van der Waals surface area contributed by atoms with Gasteiger partial charge in [0.15, 0.2) is 5.78 Å². The summed E-state index contributed by atoms with van der Waals surface area (Å²) in [5, 5.41) is 10.4. The molecule has 3 aromatic rings. The van der Waals surface area contributed by atoms with Gasteiger partial charge in [-0.1, -0.05) is 43.8 Å². The van der Waals surface area contributed by atoms with E-state index in [4.69, 9.17) is 4.42 Å². The summed E-state index contributed by atoms with van der Waals surface area (Å²) >= 11 is 2.84. The minimum absolute atomic E-state index is 0.100. The molecule has 0 saturated heterocycles. The van der Waals surface area contributed by atoms with Crippen molar-refractivity contribution >= 4 is 28.9 Å². The minimum Gasteiger partial charge on any atom is -0.410 e. The highest BCUT2D eigenvalue weighted by Crippen LogP contribution is 2.27. The number of hydrogen-bond acceptors (Lipinski definition) is 6. The van der Waals surface area contributed by atoms with E-state index >= 15 is 0 Å². The van der Waals surface area contributed by atoms with E-state index in [9.17, 15) is 4.79 Å². The van der Waals surface area contributed by atoms with Crippen molar-refractivity contribution in [2.75, 3.05) is 5.75 Å². The van der Waals surface area contributed by atoms with E-state index in [1.54, 1.807) is 11.3 Å².